The molecule has 0 aromatic heterocycles. The topological polar surface area (TPSA) is 35.5 Å². The fraction of sp³-hybridized carbons (Fsp3) is 0.600. The molecule has 0 saturated carbocycles. The minimum atomic E-state index is -0.0810. The Hall–Kier alpha value is -0.960. The van der Waals surface area contributed by atoms with E-state index in [0.29, 0.717) is 0 Å². The van der Waals surface area contributed by atoms with Crippen LogP contribution in [0.3, 0.4) is 0 Å². The summed E-state index contributed by atoms with van der Waals surface area (Å²) in [6.45, 7) is 2.89. The molecule has 2 aliphatic rings. The van der Waals surface area contributed by atoms with Crippen molar-refractivity contribution < 1.29 is 5.11 Å². The molecule has 3 heteroatoms. The van der Waals surface area contributed by atoms with Crippen LogP contribution in [0.4, 0.5) is 0 Å². The van der Waals surface area contributed by atoms with Crippen LogP contribution in [0.1, 0.15) is 12.8 Å². The third-order valence-corrected chi connectivity index (χ3v) is 2.63. The molecule has 2 N–H and O–H groups in total. The van der Waals surface area contributed by atoms with E-state index in [1.165, 1.54) is 5.70 Å². The van der Waals surface area contributed by atoms with Crippen molar-refractivity contribution in [2.45, 2.75) is 18.9 Å². The van der Waals surface area contributed by atoms with Crippen molar-refractivity contribution in [3.63, 3.8) is 0 Å². The summed E-state index contributed by atoms with van der Waals surface area (Å²) in [5, 5.41) is 12.5. The molecule has 1 saturated heterocycles. The fourth-order valence-corrected chi connectivity index (χ4v) is 1.80. The Balaban J connectivity index is 1.94. The third-order valence-electron chi connectivity index (χ3n) is 2.63. The number of nitrogens with one attached hydrogen (secondary N) is 1. The fourth-order valence-electron chi connectivity index (χ4n) is 1.80. The summed E-state index contributed by atoms with van der Waals surface area (Å²) < 4.78 is 0. The summed E-state index contributed by atoms with van der Waals surface area (Å²) in [6.07, 6.45) is 8.00. The SMILES string of the molecule is OC1CCN(C2=CCNC=C2)CC1. The smallest absolute Gasteiger partial charge is 0.0574 e. The molecule has 0 radical (unpaired) electrons. The zero-order valence-electron chi connectivity index (χ0n) is 7.74. The first-order chi connectivity index (χ1) is 6.36. The van der Waals surface area contributed by atoms with Gasteiger partial charge in [-0.1, -0.05) is 0 Å². The van der Waals surface area contributed by atoms with Gasteiger partial charge in [-0.2, -0.15) is 0 Å². The number of rotatable bonds is 1. The lowest BCUT2D eigenvalue weighted by molar-refractivity contribution is 0.0984. The van der Waals surface area contributed by atoms with E-state index in [9.17, 15) is 5.11 Å². The number of dihydropyridines is 1. The predicted molar refractivity (Wildman–Crippen MR) is 52.0 cm³/mol. The van der Waals surface area contributed by atoms with Gasteiger partial charge in [-0.05, 0) is 31.2 Å². The average Bonchev–Trinajstić information content (AvgIpc) is 2.20. The van der Waals surface area contributed by atoms with Gasteiger partial charge in [-0.25, -0.2) is 0 Å². The molecule has 0 amide bonds. The summed E-state index contributed by atoms with van der Waals surface area (Å²) >= 11 is 0. The monoisotopic (exact) mass is 180 g/mol. The molecule has 0 unspecified atom stereocenters. The first-order valence-electron chi connectivity index (χ1n) is 4.89. The Bertz CT molecular complexity index is 227. The number of aliphatic hydroxyl groups is 1. The summed E-state index contributed by atoms with van der Waals surface area (Å²) in [5.74, 6) is 0. The molecule has 3 nitrogen and oxygen atoms in total. The van der Waals surface area contributed by atoms with Gasteiger partial charge in [0.25, 0.3) is 0 Å². The van der Waals surface area contributed by atoms with Gasteiger partial charge in [-0.15, -0.1) is 0 Å². The van der Waals surface area contributed by atoms with Gasteiger partial charge in [-0.3, -0.25) is 0 Å². The van der Waals surface area contributed by atoms with E-state index in [-0.39, 0.29) is 6.10 Å². The van der Waals surface area contributed by atoms with E-state index in [2.05, 4.69) is 22.4 Å². The van der Waals surface area contributed by atoms with Crippen LogP contribution in [-0.4, -0.2) is 35.7 Å². The number of hydrogen-bond donors (Lipinski definition) is 2. The van der Waals surface area contributed by atoms with Crippen LogP contribution in [0.5, 0.6) is 0 Å². The van der Waals surface area contributed by atoms with Crippen molar-refractivity contribution in [3.8, 4) is 0 Å². The lowest BCUT2D eigenvalue weighted by atomic mass is 10.1. The maximum absolute atomic E-state index is 9.35. The Morgan fingerprint density at radius 2 is 2.15 bits per heavy atom. The van der Waals surface area contributed by atoms with Gasteiger partial charge in [0.1, 0.15) is 0 Å². The minimum absolute atomic E-state index is 0.0810. The zero-order chi connectivity index (χ0) is 9.10. The Morgan fingerprint density at radius 3 is 2.77 bits per heavy atom. The Labute approximate surface area is 78.7 Å². The standard InChI is InChI=1S/C10H16N2O/c13-10-3-7-12(8-4-10)9-1-5-11-6-2-9/h1-2,5,10-11,13H,3-4,6-8H2. The number of allylic oxidation sites excluding steroid dienone is 1. The minimum Gasteiger partial charge on any atom is -0.393 e. The van der Waals surface area contributed by atoms with Crippen molar-refractivity contribution in [3.05, 3.63) is 24.0 Å². The van der Waals surface area contributed by atoms with Crippen molar-refractivity contribution in [1.82, 2.24) is 10.2 Å². The number of likely N-dealkylation sites (tertiary alicyclic amines) is 1. The maximum Gasteiger partial charge on any atom is 0.0574 e. The zero-order valence-corrected chi connectivity index (χ0v) is 7.74. The highest BCUT2D eigenvalue weighted by atomic mass is 16.3. The average molecular weight is 180 g/mol. The van der Waals surface area contributed by atoms with E-state index < -0.39 is 0 Å². The largest absolute Gasteiger partial charge is 0.393 e. The molecule has 0 aromatic carbocycles. The first-order valence-corrected chi connectivity index (χ1v) is 4.89. The van der Waals surface area contributed by atoms with Gasteiger partial charge in [0, 0.05) is 25.3 Å². The van der Waals surface area contributed by atoms with Gasteiger partial charge >= 0.3 is 0 Å². The van der Waals surface area contributed by atoms with E-state index in [1.54, 1.807) is 0 Å². The van der Waals surface area contributed by atoms with Crippen molar-refractivity contribution in [1.29, 1.82) is 0 Å². The number of piperidine rings is 1. The van der Waals surface area contributed by atoms with Crippen LogP contribution in [0, 0.1) is 0 Å². The molecule has 13 heavy (non-hydrogen) atoms. The van der Waals surface area contributed by atoms with Crippen LogP contribution in [0.25, 0.3) is 0 Å². The van der Waals surface area contributed by atoms with Crippen molar-refractivity contribution in [2.24, 2.45) is 0 Å². The Morgan fingerprint density at radius 1 is 1.38 bits per heavy atom. The molecule has 0 aromatic rings. The van der Waals surface area contributed by atoms with Crippen LogP contribution in [0.2, 0.25) is 0 Å². The second kappa shape index (κ2) is 3.83. The maximum atomic E-state index is 9.35. The second-order valence-corrected chi connectivity index (χ2v) is 3.59. The number of nitrogens with zero attached hydrogens (tertiary/aromatic N) is 1. The summed E-state index contributed by atoms with van der Waals surface area (Å²) in [6, 6.07) is 0. The molecule has 0 spiro atoms. The molecule has 0 atom stereocenters. The molecule has 0 aliphatic carbocycles. The van der Waals surface area contributed by atoms with Gasteiger partial charge in [0.15, 0.2) is 0 Å². The van der Waals surface area contributed by atoms with Crippen LogP contribution in [-0.2, 0) is 0 Å². The summed E-state index contributed by atoms with van der Waals surface area (Å²) in [7, 11) is 0. The molecule has 2 rings (SSSR count). The van der Waals surface area contributed by atoms with E-state index in [1.807, 2.05) is 6.20 Å². The van der Waals surface area contributed by atoms with Gasteiger partial charge in [0.2, 0.25) is 0 Å². The molecule has 72 valence electrons. The van der Waals surface area contributed by atoms with Gasteiger partial charge < -0.3 is 15.3 Å². The van der Waals surface area contributed by atoms with Crippen molar-refractivity contribution in [2.75, 3.05) is 19.6 Å². The highest BCUT2D eigenvalue weighted by Gasteiger charge is 2.17. The molecule has 0 bridgehead atoms. The summed E-state index contributed by atoms with van der Waals surface area (Å²) in [5.41, 5.74) is 1.30. The normalized spacial score (nSPS) is 24.1. The van der Waals surface area contributed by atoms with Crippen LogP contribution < -0.4 is 5.32 Å². The molecular weight excluding hydrogens is 164 g/mol. The lowest BCUT2D eigenvalue weighted by Gasteiger charge is -2.33. The Kier molecular flexibility index (Phi) is 2.54. The van der Waals surface area contributed by atoms with E-state index in [0.717, 1.165) is 32.5 Å². The highest BCUT2D eigenvalue weighted by Crippen LogP contribution is 2.16. The van der Waals surface area contributed by atoms with Crippen LogP contribution >= 0.6 is 0 Å². The number of aliphatic hydroxyl groups excluding tert-OH is 1. The van der Waals surface area contributed by atoms with Gasteiger partial charge in [0.05, 0.1) is 6.10 Å². The third kappa shape index (κ3) is 2.04. The molecule has 2 aliphatic heterocycles. The first kappa shape index (κ1) is 8.63. The number of hydrogen-bond acceptors (Lipinski definition) is 3. The summed E-state index contributed by atoms with van der Waals surface area (Å²) in [4.78, 5) is 2.34. The van der Waals surface area contributed by atoms with Crippen LogP contribution in [0.15, 0.2) is 24.0 Å². The lowest BCUT2D eigenvalue weighted by Crippen LogP contribution is -2.35. The molecular formula is C10H16N2O. The van der Waals surface area contributed by atoms with E-state index >= 15 is 0 Å². The highest BCUT2D eigenvalue weighted by molar-refractivity contribution is 5.21. The molecule has 1 fully saturated rings. The second-order valence-electron chi connectivity index (χ2n) is 3.59. The molecule has 2 heterocycles. The van der Waals surface area contributed by atoms with Crippen molar-refractivity contribution >= 4 is 0 Å². The predicted octanol–water partition coefficient (Wildman–Crippen LogP) is 0.444. The van der Waals surface area contributed by atoms with E-state index in [4.69, 9.17) is 0 Å². The quantitative estimate of drug-likeness (QED) is 0.615.